The summed E-state index contributed by atoms with van der Waals surface area (Å²) in [5.74, 6) is -0.152. The molecule has 1 saturated heterocycles. The number of nitrogens with zero attached hydrogens (tertiary/aromatic N) is 1. The summed E-state index contributed by atoms with van der Waals surface area (Å²) in [4.78, 5) is 25.1. The van der Waals surface area contributed by atoms with Crippen molar-refractivity contribution in [3.05, 3.63) is 47.5 Å². The molecule has 28 heavy (non-hydrogen) atoms. The number of aliphatic hydroxyl groups excluding tert-OH is 1. The molecule has 3 rings (SSSR count). The van der Waals surface area contributed by atoms with Crippen molar-refractivity contribution in [1.82, 2.24) is 4.90 Å². The van der Waals surface area contributed by atoms with E-state index in [9.17, 15) is 14.7 Å². The van der Waals surface area contributed by atoms with E-state index in [4.69, 9.17) is 5.11 Å². The van der Waals surface area contributed by atoms with Crippen LogP contribution in [0.1, 0.15) is 67.3 Å². The van der Waals surface area contributed by atoms with Gasteiger partial charge in [-0.05, 0) is 42.9 Å². The molecule has 1 amide bonds. The average molecular weight is 386 g/mol. The molecule has 1 heterocycles. The number of carboxylic acid groups (broad SMARTS) is 1. The molecule has 152 valence electrons. The second-order valence-corrected chi connectivity index (χ2v) is 8.14. The molecule has 0 aromatic heterocycles. The van der Waals surface area contributed by atoms with Crippen LogP contribution in [0.2, 0.25) is 0 Å². The van der Waals surface area contributed by atoms with E-state index in [1.54, 1.807) is 12.1 Å². The zero-order valence-corrected chi connectivity index (χ0v) is 16.4. The molecule has 0 spiro atoms. The third-order valence-corrected chi connectivity index (χ3v) is 6.07. The van der Waals surface area contributed by atoms with Crippen LogP contribution < -0.4 is 0 Å². The highest BCUT2D eigenvalue weighted by atomic mass is 16.4. The fourth-order valence-corrected chi connectivity index (χ4v) is 4.41. The van der Waals surface area contributed by atoms with Gasteiger partial charge in [0.2, 0.25) is 5.91 Å². The van der Waals surface area contributed by atoms with Gasteiger partial charge in [0.05, 0.1) is 17.7 Å². The number of hydrogen-bond acceptors (Lipinski definition) is 3. The van der Waals surface area contributed by atoms with Crippen molar-refractivity contribution in [2.24, 2.45) is 5.92 Å². The number of aromatic carboxylic acids is 1. The molecule has 1 aliphatic heterocycles. The maximum absolute atomic E-state index is 12.3. The first-order valence-electron chi connectivity index (χ1n) is 10.5. The summed E-state index contributed by atoms with van der Waals surface area (Å²) in [7, 11) is 0. The number of hydrogen-bond donors (Lipinski definition) is 2. The highest BCUT2D eigenvalue weighted by molar-refractivity contribution is 5.87. The Hall–Kier alpha value is -2.14. The van der Waals surface area contributed by atoms with Gasteiger partial charge in [0.15, 0.2) is 0 Å². The minimum Gasteiger partial charge on any atom is -0.478 e. The largest absolute Gasteiger partial charge is 0.478 e. The zero-order chi connectivity index (χ0) is 19.9. The fraction of sp³-hybridized carbons (Fsp3) is 0.565. The summed E-state index contributed by atoms with van der Waals surface area (Å²) in [6.07, 6.45) is 12.6. The molecule has 1 aromatic carbocycles. The van der Waals surface area contributed by atoms with Crippen LogP contribution in [0.5, 0.6) is 0 Å². The Morgan fingerprint density at radius 3 is 2.54 bits per heavy atom. The molecule has 5 nitrogen and oxygen atoms in total. The average Bonchev–Trinajstić information content (AvgIpc) is 3.05. The normalized spacial score (nSPS) is 22.1. The van der Waals surface area contributed by atoms with E-state index in [-0.39, 0.29) is 17.5 Å². The Kier molecular flexibility index (Phi) is 7.26. The molecule has 0 bridgehead atoms. The van der Waals surface area contributed by atoms with E-state index in [2.05, 4.69) is 0 Å². The number of carbonyl (C=O) groups excluding carboxylic acids is 1. The van der Waals surface area contributed by atoms with Crippen LogP contribution in [0.25, 0.3) is 0 Å². The maximum Gasteiger partial charge on any atom is 0.335 e. The number of carboxylic acids is 1. The van der Waals surface area contributed by atoms with Crippen LogP contribution >= 0.6 is 0 Å². The fourth-order valence-electron chi connectivity index (χ4n) is 4.41. The van der Waals surface area contributed by atoms with Gasteiger partial charge in [0.1, 0.15) is 0 Å². The summed E-state index contributed by atoms with van der Waals surface area (Å²) < 4.78 is 0. The predicted molar refractivity (Wildman–Crippen MR) is 108 cm³/mol. The minimum absolute atomic E-state index is 0.0480. The van der Waals surface area contributed by atoms with Crippen molar-refractivity contribution < 1.29 is 19.8 Å². The van der Waals surface area contributed by atoms with Gasteiger partial charge in [0, 0.05) is 13.0 Å². The number of benzene rings is 1. The molecule has 5 heteroatoms. The molecule has 2 atom stereocenters. The lowest BCUT2D eigenvalue weighted by Crippen LogP contribution is -2.33. The lowest BCUT2D eigenvalue weighted by Gasteiger charge is -2.24. The summed E-state index contributed by atoms with van der Waals surface area (Å²) in [5.41, 5.74) is 1.29. The molecule has 2 unspecified atom stereocenters. The van der Waals surface area contributed by atoms with Crippen LogP contribution in [-0.2, 0) is 11.2 Å². The smallest absolute Gasteiger partial charge is 0.335 e. The van der Waals surface area contributed by atoms with E-state index in [1.165, 1.54) is 32.1 Å². The zero-order valence-electron chi connectivity index (χ0n) is 16.4. The Bertz CT molecular complexity index is 691. The number of aliphatic hydroxyl groups is 1. The van der Waals surface area contributed by atoms with E-state index in [1.807, 2.05) is 29.2 Å². The first-order chi connectivity index (χ1) is 13.5. The Labute approximate surface area is 167 Å². The van der Waals surface area contributed by atoms with Gasteiger partial charge in [0.25, 0.3) is 0 Å². The summed E-state index contributed by atoms with van der Waals surface area (Å²) in [6.45, 7) is 0.610. The van der Waals surface area contributed by atoms with Gasteiger partial charge in [-0.15, -0.1) is 0 Å². The maximum atomic E-state index is 12.3. The highest BCUT2D eigenvalue weighted by Gasteiger charge is 2.28. The third-order valence-electron chi connectivity index (χ3n) is 6.07. The monoisotopic (exact) mass is 385 g/mol. The lowest BCUT2D eigenvalue weighted by atomic mass is 9.85. The molecular formula is C23H31NO4. The molecule has 1 aliphatic carbocycles. The number of likely N-dealkylation sites (tertiary alicyclic amines) is 1. The topological polar surface area (TPSA) is 77.8 Å². The van der Waals surface area contributed by atoms with Gasteiger partial charge < -0.3 is 15.1 Å². The Morgan fingerprint density at radius 1 is 1.14 bits per heavy atom. The number of carbonyl (C=O) groups is 2. The van der Waals surface area contributed by atoms with Crippen molar-refractivity contribution in [2.75, 3.05) is 6.54 Å². The summed E-state index contributed by atoms with van der Waals surface area (Å²) >= 11 is 0. The molecule has 2 aliphatic rings. The SMILES string of the molecule is O=C(O)c1ccc(CCN2C(=O)CCC2C=CC(O)CC2CCCCC2)cc1. The summed E-state index contributed by atoms with van der Waals surface area (Å²) in [6, 6.07) is 6.86. The van der Waals surface area contributed by atoms with Gasteiger partial charge in [-0.2, -0.15) is 0 Å². The molecule has 2 N–H and O–H groups in total. The van der Waals surface area contributed by atoms with Crippen LogP contribution in [0, 0.1) is 5.92 Å². The van der Waals surface area contributed by atoms with Crippen molar-refractivity contribution in [3.63, 3.8) is 0 Å². The molecule has 0 radical (unpaired) electrons. The second-order valence-electron chi connectivity index (χ2n) is 8.14. The van der Waals surface area contributed by atoms with Crippen molar-refractivity contribution >= 4 is 11.9 Å². The van der Waals surface area contributed by atoms with Gasteiger partial charge >= 0.3 is 5.97 Å². The third kappa shape index (κ3) is 5.68. The van der Waals surface area contributed by atoms with E-state index < -0.39 is 12.1 Å². The second kappa shape index (κ2) is 9.87. The van der Waals surface area contributed by atoms with Crippen molar-refractivity contribution in [2.45, 2.75) is 69.9 Å². The lowest BCUT2D eigenvalue weighted by molar-refractivity contribution is -0.128. The Morgan fingerprint density at radius 2 is 1.86 bits per heavy atom. The standard InChI is InChI=1S/C23H31NO4/c25-21(16-18-4-2-1-3-5-18)12-10-20-11-13-22(26)24(20)15-14-17-6-8-19(9-7-17)23(27)28/h6-10,12,18,20-21,25H,1-5,11,13-16H2,(H,27,28). The molecule has 1 aromatic rings. The minimum atomic E-state index is -0.932. The quantitative estimate of drug-likeness (QED) is 0.667. The van der Waals surface area contributed by atoms with E-state index >= 15 is 0 Å². The van der Waals surface area contributed by atoms with Gasteiger partial charge in [-0.1, -0.05) is 56.4 Å². The Balaban J connectivity index is 1.51. The van der Waals surface area contributed by atoms with Gasteiger partial charge in [-0.25, -0.2) is 4.79 Å². The van der Waals surface area contributed by atoms with Gasteiger partial charge in [-0.3, -0.25) is 4.79 Å². The number of amides is 1. The van der Waals surface area contributed by atoms with Crippen LogP contribution in [0.3, 0.4) is 0 Å². The number of rotatable bonds is 8. The van der Waals surface area contributed by atoms with Crippen molar-refractivity contribution in [3.8, 4) is 0 Å². The molecule has 1 saturated carbocycles. The molecular weight excluding hydrogens is 354 g/mol. The predicted octanol–water partition coefficient (Wildman–Crippen LogP) is 3.81. The molecule has 2 fully saturated rings. The summed E-state index contributed by atoms with van der Waals surface area (Å²) in [5, 5.41) is 19.3. The van der Waals surface area contributed by atoms with Crippen molar-refractivity contribution in [1.29, 1.82) is 0 Å². The van der Waals surface area contributed by atoms with Crippen LogP contribution in [0.4, 0.5) is 0 Å². The first-order valence-corrected chi connectivity index (χ1v) is 10.5. The first kappa shape index (κ1) is 20.6. The van der Waals surface area contributed by atoms with E-state index in [0.717, 1.165) is 18.4 Å². The van der Waals surface area contributed by atoms with Crippen LogP contribution in [0.15, 0.2) is 36.4 Å². The highest BCUT2D eigenvalue weighted by Crippen LogP contribution is 2.28. The van der Waals surface area contributed by atoms with E-state index in [0.29, 0.717) is 25.3 Å². The van der Waals surface area contributed by atoms with Crippen LogP contribution in [-0.4, -0.2) is 45.7 Å².